The molecule has 1 aliphatic heterocycles. The molecule has 0 saturated heterocycles. The fraction of sp³-hybridized carbons (Fsp3) is 0.426. The second kappa shape index (κ2) is 24.3. The summed E-state index contributed by atoms with van der Waals surface area (Å²) in [6.45, 7) is 5.63. The highest BCUT2D eigenvalue weighted by Crippen LogP contribution is 2.40. The molecule has 5 amide bonds. The standard InChI is InChI=1S/C47H60N12O7/c1-5-6-7-8-41-53-26-32(27-54-41)36-12-11-33(28(2)55-36)44(61)57-37(15-16-48)47(64)59(4)42-31-10-14-40(66-22-19-51)35(25-31)34-23-30(9-13-39(34)65-21-18-50)24-38(45(62)52-20-17-49)58-43(60)29(3)56-46(42)63/h9-14,23,25-27,29,37-38,42H,5-8,15-16,18-22,24,48,50-51H2,1-4H3,(H,52,62)(H,56,63)(H,57,61)(H,58,60)/t29-,37?,38-,42-/m0/s1. The average Bonchev–Trinajstić information content (AvgIpc) is 3.31. The van der Waals surface area contributed by atoms with E-state index in [1.54, 1.807) is 67.8 Å². The van der Waals surface area contributed by atoms with Crippen LogP contribution in [0.2, 0.25) is 0 Å². The van der Waals surface area contributed by atoms with E-state index in [0.29, 0.717) is 50.7 Å². The van der Waals surface area contributed by atoms with Crippen molar-refractivity contribution in [3.05, 3.63) is 89.1 Å². The van der Waals surface area contributed by atoms with Gasteiger partial charge in [-0.25, -0.2) is 9.97 Å². The van der Waals surface area contributed by atoms with Gasteiger partial charge in [0.05, 0.1) is 23.0 Å². The van der Waals surface area contributed by atoms with E-state index in [1.165, 1.54) is 18.9 Å². The van der Waals surface area contributed by atoms with Gasteiger partial charge in [0.15, 0.2) is 0 Å². The monoisotopic (exact) mass is 904 g/mol. The van der Waals surface area contributed by atoms with Gasteiger partial charge in [-0.3, -0.25) is 29.0 Å². The van der Waals surface area contributed by atoms with Crippen molar-refractivity contribution in [2.24, 2.45) is 17.2 Å². The van der Waals surface area contributed by atoms with Crippen LogP contribution >= 0.6 is 0 Å². The van der Waals surface area contributed by atoms with Gasteiger partial charge in [-0.1, -0.05) is 31.9 Å². The number of hydrogen-bond acceptors (Lipinski definition) is 14. The van der Waals surface area contributed by atoms with E-state index in [0.717, 1.165) is 31.5 Å². The predicted octanol–water partition coefficient (Wildman–Crippen LogP) is 1.75. The molecule has 1 aliphatic rings. The van der Waals surface area contributed by atoms with Gasteiger partial charge in [0.1, 0.15) is 61.2 Å². The maximum atomic E-state index is 14.7. The van der Waals surface area contributed by atoms with Gasteiger partial charge >= 0.3 is 0 Å². The summed E-state index contributed by atoms with van der Waals surface area (Å²) in [6.07, 6.45) is 7.40. The third kappa shape index (κ3) is 12.8. The lowest BCUT2D eigenvalue weighted by Crippen LogP contribution is -2.56. The maximum Gasteiger partial charge on any atom is 0.253 e. The van der Waals surface area contributed by atoms with E-state index >= 15 is 0 Å². The first-order chi connectivity index (χ1) is 31.8. The number of fused-ring (bicyclic) bond motifs is 5. The van der Waals surface area contributed by atoms with Crippen LogP contribution in [0.1, 0.15) is 78.6 Å². The molecule has 0 radical (unpaired) electrons. The lowest BCUT2D eigenvalue weighted by atomic mass is 9.93. The number of ether oxygens (including phenoxy) is 2. The Hall–Kier alpha value is -7.01. The number of benzene rings is 2. The Labute approximate surface area is 384 Å². The van der Waals surface area contributed by atoms with Gasteiger partial charge in [0.25, 0.3) is 5.91 Å². The van der Waals surface area contributed by atoms with E-state index in [4.69, 9.17) is 31.9 Å². The number of carbonyl (C=O) groups excluding carboxylic acids is 5. The van der Waals surface area contributed by atoms with E-state index in [-0.39, 0.29) is 57.8 Å². The van der Waals surface area contributed by atoms with E-state index in [2.05, 4.69) is 43.1 Å². The molecule has 4 atom stereocenters. The Balaban J connectivity index is 1.53. The summed E-state index contributed by atoms with van der Waals surface area (Å²) in [7, 11) is 1.42. The van der Waals surface area contributed by atoms with Gasteiger partial charge in [-0.15, -0.1) is 0 Å². The van der Waals surface area contributed by atoms with Crippen LogP contribution in [0.4, 0.5) is 0 Å². The van der Waals surface area contributed by atoms with Crippen molar-refractivity contribution in [2.45, 2.75) is 83.5 Å². The summed E-state index contributed by atoms with van der Waals surface area (Å²) in [4.78, 5) is 85.0. The maximum absolute atomic E-state index is 14.7. The smallest absolute Gasteiger partial charge is 0.253 e. The number of rotatable bonds is 19. The molecule has 2 aromatic carbocycles. The Bertz CT molecular complexity index is 2390. The molecule has 0 saturated carbocycles. The second-order valence-electron chi connectivity index (χ2n) is 15.9. The molecular formula is C47H60N12O7. The Kier molecular flexibility index (Phi) is 18.4. The number of hydrogen-bond donors (Lipinski definition) is 7. The summed E-state index contributed by atoms with van der Waals surface area (Å²) < 4.78 is 12.2. The summed E-state index contributed by atoms with van der Waals surface area (Å²) in [6, 6.07) is 10.3. The van der Waals surface area contributed by atoms with Gasteiger partial charge in [0.2, 0.25) is 23.6 Å². The first-order valence-electron chi connectivity index (χ1n) is 22.1. The number of aryl methyl sites for hydroxylation is 2. The molecule has 4 bridgehead atoms. The number of unbranched alkanes of at least 4 members (excludes halogenated alkanes) is 2. The summed E-state index contributed by atoms with van der Waals surface area (Å²) in [5.41, 5.74) is 21.4. The topological polar surface area (TPSA) is 296 Å². The van der Waals surface area contributed by atoms with Crippen molar-refractivity contribution in [1.29, 1.82) is 5.26 Å². The fourth-order valence-corrected chi connectivity index (χ4v) is 7.48. The summed E-state index contributed by atoms with van der Waals surface area (Å²) >= 11 is 0. The summed E-state index contributed by atoms with van der Waals surface area (Å²) in [5, 5.41) is 19.9. The van der Waals surface area contributed by atoms with Crippen molar-refractivity contribution in [1.82, 2.24) is 41.1 Å². The minimum absolute atomic E-state index is 0.00235. The van der Waals surface area contributed by atoms with Crippen LogP contribution in [0, 0.1) is 18.3 Å². The molecule has 0 spiro atoms. The molecule has 2 aromatic heterocycles. The molecule has 3 heterocycles. The number of pyridine rings is 1. The Morgan fingerprint density at radius 1 is 0.924 bits per heavy atom. The largest absolute Gasteiger partial charge is 0.492 e. The molecule has 19 heteroatoms. The highest BCUT2D eigenvalue weighted by atomic mass is 16.5. The number of aromatic nitrogens is 3. The van der Waals surface area contributed by atoms with Crippen molar-refractivity contribution < 1.29 is 33.4 Å². The summed E-state index contributed by atoms with van der Waals surface area (Å²) in [5.74, 6) is -1.79. The molecule has 4 aromatic rings. The van der Waals surface area contributed by atoms with Crippen LogP contribution in [0.15, 0.2) is 60.9 Å². The molecular weight excluding hydrogens is 845 g/mol. The number of nitrogens with one attached hydrogen (secondary N) is 4. The molecule has 5 rings (SSSR count). The minimum Gasteiger partial charge on any atom is -0.492 e. The van der Waals surface area contributed by atoms with E-state index in [9.17, 15) is 24.0 Å². The van der Waals surface area contributed by atoms with E-state index < -0.39 is 53.7 Å². The third-order valence-electron chi connectivity index (χ3n) is 10.9. The van der Waals surface area contributed by atoms with Crippen LogP contribution in [-0.4, -0.2) is 114 Å². The zero-order chi connectivity index (χ0) is 47.8. The van der Waals surface area contributed by atoms with Crippen molar-refractivity contribution in [3.8, 4) is 40.0 Å². The van der Waals surface area contributed by atoms with E-state index in [1.807, 2.05) is 6.07 Å². The number of amides is 5. The SMILES string of the molecule is CCCCCc1ncc(-c2ccc(C(=O)NC(CCN)C(=O)N(C)[C@@H]3C(=O)N[C@@H](C)C(=O)N[C@H](C(=O)NCC#N)Cc4ccc(OCCN)c(c4)-c4cc3ccc4OCCN)c(C)n2)cn1. The zero-order valence-electron chi connectivity index (χ0n) is 37.9. The Morgan fingerprint density at radius 2 is 1.61 bits per heavy atom. The van der Waals surface area contributed by atoms with Gasteiger partial charge in [-0.05, 0) is 80.8 Å². The normalized spacial score (nSPS) is 16.4. The number of carbonyl (C=O) groups is 5. The second-order valence-corrected chi connectivity index (χ2v) is 15.9. The molecule has 1 unspecified atom stereocenters. The quantitative estimate of drug-likeness (QED) is 0.0522. The highest BCUT2D eigenvalue weighted by molar-refractivity contribution is 6.00. The van der Waals surface area contributed by atoms with Crippen LogP contribution in [0.3, 0.4) is 0 Å². The van der Waals surface area contributed by atoms with Gasteiger partial charge in [0, 0.05) is 62.1 Å². The fourth-order valence-electron chi connectivity index (χ4n) is 7.48. The highest BCUT2D eigenvalue weighted by Gasteiger charge is 2.36. The Morgan fingerprint density at radius 3 is 2.24 bits per heavy atom. The minimum atomic E-state index is -1.40. The number of nitriles is 1. The van der Waals surface area contributed by atoms with Crippen LogP contribution in [0.5, 0.6) is 11.5 Å². The lowest BCUT2D eigenvalue weighted by Gasteiger charge is -2.32. The molecule has 0 aliphatic carbocycles. The van der Waals surface area contributed by atoms with Crippen molar-refractivity contribution in [2.75, 3.05) is 46.4 Å². The predicted molar refractivity (Wildman–Crippen MR) is 247 cm³/mol. The molecule has 350 valence electrons. The van der Waals surface area contributed by atoms with Crippen LogP contribution in [0.25, 0.3) is 22.4 Å². The molecule has 19 nitrogen and oxygen atoms in total. The van der Waals surface area contributed by atoms with Crippen molar-refractivity contribution in [3.63, 3.8) is 0 Å². The first kappa shape index (κ1) is 50.0. The molecule has 66 heavy (non-hydrogen) atoms. The van der Waals surface area contributed by atoms with Crippen molar-refractivity contribution >= 4 is 29.5 Å². The lowest BCUT2D eigenvalue weighted by molar-refractivity contribution is -0.141. The van der Waals surface area contributed by atoms with Crippen LogP contribution < -0.4 is 47.9 Å². The number of likely N-dealkylation sites (N-methyl/N-ethyl adjacent to an activating group) is 1. The third-order valence-corrected chi connectivity index (χ3v) is 10.9. The molecule has 0 fully saturated rings. The van der Waals surface area contributed by atoms with Gasteiger partial charge < -0.3 is 52.8 Å². The zero-order valence-corrected chi connectivity index (χ0v) is 37.9. The number of nitrogens with two attached hydrogens (primary N) is 3. The average molecular weight is 905 g/mol. The number of nitrogens with zero attached hydrogens (tertiary/aromatic N) is 5. The molecule has 10 N–H and O–H groups in total. The van der Waals surface area contributed by atoms with Crippen LogP contribution in [-0.2, 0) is 32.0 Å². The van der Waals surface area contributed by atoms with Gasteiger partial charge in [-0.2, -0.15) is 5.26 Å². The first-order valence-corrected chi connectivity index (χ1v) is 22.1.